The molecule has 2 aliphatic carbocycles. The Kier molecular flexibility index (Phi) is 5.04. The lowest BCUT2D eigenvalue weighted by molar-refractivity contribution is -0.138. The first kappa shape index (κ1) is 21.1. The molecule has 0 saturated heterocycles. The first-order valence-electron chi connectivity index (χ1n) is 10.9. The fourth-order valence-electron chi connectivity index (χ4n) is 4.89. The van der Waals surface area contributed by atoms with E-state index in [2.05, 4.69) is 5.32 Å². The number of rotatable bonds is 2. The molecule has 7 heteroatoms. The van der Waals surface area contributed by atoms with Gasteiger partial charge >= 0.3 is 6.18 Å². The fraction of sp³-hybridized carbons (Fsp3) is 0.400. The molecule has 0 radical (unpaired) electrons. The molecule has 2 aromatic rings. The Bertz CT molecular complexity index is 1100. The third kappa shape index (κ3) is 4.01. The molecule has 1 amide bonds. The van der Waals surface area contributed by atoms with Gasteiger partial charge in [0.1, 0.15) is 11.4 Å². The van der Waals surface area contributed by atoms with Crippen LogP contribution >= 0.6 is 0 Å². The summed E-state index contributed by atoms with van der Waals surface area (Å²) in [6, 6.07) is 9.15. The van der Waals surface area contributed by atoms with E-state index in [1.54, 1.807) is 0 Å². The van der Waals surface area contributed by atoms with Gasteiger partial charge in [-0.3, -0.25) is 4.79 Å². The van der Waals surface area contributed by atoms with Crippen LogP contribution in [0.2, 0.25) is 0 Å². The van der Waals surface area contributed by atoms with Crippen LogP contribution in [-0.4, -0.2) is 22.7 Å². The quantitative estimate of drug-likeness (QED) is 0.621. The van der Waals surface area contributed by atoms with E-state index in [1.165, 1.54) is 17.7 Å². The number of aryl methyl sites for hydroxylation is 1. The lowest BCUT2D eigenvalue weighted by atomic mass is 9.72. The Morgan fingerprint density at radius 2 is 1.97 bits per heavy atom. The highest BCUT2D eigenvalue weighted by molar-refractivity contribution is 6.04. The summed E-state index contributed by atoms with van der Waals surface area (Å²) in [6.45, 7) is 0. The van der Waals surface area contributed by atoms with Crippen molar-refractivity contribution in [3.8, 4) is 5.75 Å². The number of hydrogen-bond donors (Lipinski definition) is 2. The van der Waals surface area contributed by atoms with Gasteiger partial charge in [-0.25, -0.2) is 0 Å². The number of carbonyl (C=O) groups excluding carboxylic acids is 1. The van der Waals surface area contributed by atoms with Gasteiger partial charge in [-0.2, -0.15) is 13.2 Å². The first-order valence-corrected chi connectivity index (χ1v) is 10.9. The molecule has 1 aliphatic heterocycles. The van der Waals surface area contributed by atoms with Crippen molar-refractivity contribution in [1.82, 2.24) is 0 Å². The molecule has 1 saturated carbocycles. The van der Waals surface area contributed by atoms with Crippen molar-refractivity contribution in [2.45, 2.75) is 62.8 Å². The molecule has 1 fully saturated rings. The van der Waals surface area contributed by atoms with Gasteiger partial charge in [0.15, 0.2) is 0 Å². The highest BCUT2D eigenvalue weighted by Crippen LogP contribution is 2.50. The van der Waals surface area contributed by atoms with Crippen LogP contribution in [-0.2, 0) is 23.8 Å². The van der Waals surface area contributed by atoms with Crippen molar-refractivity contribution < 1.29 is 27.8 Å². The molecule has 0 aromatic heterocycles. The predicted molar refractivity (Wildman–Crippen MR) is 114 cm³/mol. The van der Waals surface area contributed by atoms with Crippen LogP contribution in [0, 0.1) is 0 Å². The number of fused-ring (bicyclic) bond motifs is 2. The summed E-state index contributed by atoms with van der Waals surface area (Å²) in [6.07, 6.45) is 1.74. The van der Waals surface area contributed by atoms with Gasteiger partial charge in [0, 0.05) is 23.7 Å². The third-order valence-corrected chi connectivity index (χ3v) is 6.74. The maximum Gasteiger partial charge on any atom is 0.416 e. The molecule has 3 aliphatic rings. The van der Waals surface area contributed by atoms with Crippen LogP contribution in [0.15, 0.2) is 42.5 Å². The van der Waals surface area contributed by atoms with E-state index in [9.17, 15) is 23.1 Å². The molecule has 4 nitrogen and oxygen atoms in total. The number of halogens is 3. The van der Waals surface area contributed by atoms with Crippen molar-refractivity contribution in [2.24, 2.45) is 0 Å². The Labute approximate surface area is 184 Å². The van der Waals surface area contributed by atoms with E-state index in [0.717, 1.165) is 49.8 Å². The minimum absolute atomic E-state index is 0.188. The second-order valence-electron chi connectivity index (χ2n) is 9.06. The summed E-state index contributed by atoms with van der Waals surface area (Å²) < 4.78 is 45.6. The zero-order chi connectivity index (χ0) is 22.5. The SMILES string of the molecule is O=C(/C=C1\CC2(CCC2)Oc2cc(C(F)(F)F)ccc21)Nc1ccc2c(c1)CC(O)CC2. The minimum Gasteiger partial charge on any atom is -0.486 e. The number of alkyl halides is 3. The first-order chi connectivity index (χ1) is 15.2. The van der Waals surface area contributed by atoms with Gasteiger partial charge < -0.3 is 15.2 Å². The van der Waals surface area contributed by atoms with E-state index in [0.29, 0.717) is 29.7 Å². The molecule has 2 N–H and O–H groups in total. The van der Waals surface area contributed by atoms with E-state index in [-0.39, 0.29) is 17.8 Å². The molecule has 1 atom stereocenters. The predicted octanol–water partition coefficient (Wildman–Crippen LogP) is 5.28. The number of benzene rings is 2. The lowest BCUT2D eigenvalue weighted by Crippen LogP contribution is -2.45. The molecule has 32 heavy (non-hydrogen) atoms. The maximum absolute atomic E-state index is 13.2. The van der Waals surface area contributed by atoms with E-state index >= 15 is 0 Å². The van der Waals surface area contributed by atoms with Crippen molar-refractivity contribution in [2.75, 3.05) is 5.32 Å². The number of ether oxygens (including phenoxy) is 1. The van der Waals surface area contributed by atoms with Crippen molar-refractivity contribution in [1.29, 1.82) is 0 Å². The van der Waals surface area contributed by atoms with Crippen LogP contribution in [0.1, 0.15) is 54.4 Å². The van der Waals surface area contributed by atoms with Crippen LogP contribution in [0.25, 0.3) is 5.57 Å². The molecule has 1 unspecified atom stereocenters. The molecule has 1 spiro atoms. The molecular weight excluding hydrogens is 419 g/mol. The number of amides is 1. The molecule has 5 rings (SSSR count). The van der Waals surface area contributed by atoms with Crippen LogP contribution in [0.5, 0.6) is 5.75 Å². The number of carbonyl (C=O) groups is 1. The Morgan fingerprint density at radius 3 is 2.69 bits per heavy atom. The van der Waals surface area contributed by atoms with Gasteiger partial charge in [-0.1, -0.05) is 12.1 Å². The van der Waals surface area contributed by atoms with Gasteiger partial charge in [-0.15, -0.1) is 0 Å². The highest BCUT2D eigenvalue weighted by Gasteiger charge is 2.44. The van der Waals surface area contributed by atoms with Crippen molar-refractivity contribution >= 4 is 17.2 Å². The molecule has 2 aromatic carbocycles. The second kappa shape index (κ2) is 7.66. The van der Waals surface area contributed by atoms with Crippen LogP contribution in [0.3, 0.4) is 0 Å². The number of aliphatic hydroxyl groups is 1. The summed E-state index contributed by atoms with van der Waals surface area (Å²) in [4.78, 5) is 12.8. The van der Waals surface area contributed by atoms with E-state index in [4.69, 9.17) is 4.74 Å². The smallest absolute Gasteiger partial charge is 0.416 e. The monoisotopic (exact) mass is 443 g/mol. The zero-order valence-electron chi connectivity index (χ0n) is 17.5. The van der Waals surface area contributed by atoms with Crippen LogP contribution < -0.4 is 10.1 Å². The highest BCUT2D eigenvalue weighted by atomic mass is 19.4. The minimum atomic E-state index is -4.45. The van der Waals surface area contributed by atoms with Gasteiger partial charge in [0.25, 0.3) is 0 Å². The van der Waals surface area contributed by atoms with E-state index in [1.807, 2.05) is 18.2 Å². The summed E-state index contributed by atoms with van der Waals surface area (Å²) in [5.41, 5.74) is 2.78. The summed E-state index contributed by atoms with van der Waals surface area (Å²) >= 11 is 0. The Morgan fingerprint density at radius 1 is 1.16 bits per heavy atom. The third-order valence-electron chi connectivity index (χ3n) is 6.74. The van der Waals surface area contributed by atoms with Gasteiger partial charge in [-0.05, 0) is 79.5 Å². The topological polar surface area (TPSA) is 58.6 Å². The fourth-order valence-corrected chi connectivity index (χ4v) is 4.89. The summed E-state index contributed by atoms with van der Waals surface area (Å²) in [7, 11) is 0. The van der Waals surface area contributed by atoms with Crippen LogP contribution in [0.4, 0.5) is 18.9 Å². The normalized spacial score (nSPS) is 22.5. The standard InChI is InChI=1S/C25H24F3NO3/c26-25(27,28)18-4-7-21-17(14-24(8-1-9-24)32-22(21)13-18)12-23(31)29-19-5-2-15-3-6-20(30)11-16(15)10-19/h2,4-5,7,10,12-13,20,30H,1,3,6,8-9,11,14H2,(H,29,31)/b17-12+. The number of nitrogens with one attached hydrogen (secondary N) is 1. The van der Waals surface area contributed by atoms with Crippen molar-refractivity contribution in [3.05, 3.63) is 64.7 Å². The summed E-state index contributed by atoms with van der Waals surface area (Å²) in [5, 5.41) is 12.8. The number of anilines is 1. The van der Waals surface area contributed by atoms with E-state index < -0.39 is 17.3 Å². The second-order valence-corrected chi connectivity index (χ2v) is 9.06. The van der Waals surface area contributed by atoms with Gasteiger partial charge in [0.2, 0.25) is 5.91 Å². The van der Waals surface area contributed by atoms with Gasteiger partial charge in [0.05, 0.1) is 11.7 Å². The Balaban J connectivity index is 1.42. The lowest BCUT2D eigenvalue weighted by Gasteiger charge is -2.46. The largest absolute Gasteiger partial charge is 0.486 e. The average Bonchev–Trinajstić information content (AvgIpc) is 2.71. The van der Waals surface area contributed by atoms with Crippen molar-refractivity contribution in [3.63, 3.8) is 0 Å². The zero-order valence-corrected chi connectivity index (χ0v) is 17.5. The molecular formula is C25H24F3NO3. The molecule has 0 bridgehead atoms. The average molecular weight is 443 g/mol. The maximum atomic E-state index is 13.2. The summed E-state index contributed by atoms with van der Waals surface area (Å²) in [5.74, 6) is -0.147. The molecule has 168 valence electrons. The Hall–Kier alpha value is -2.80. The molecule has 1 heterocycles. The number of aliphatic hydroxyl groups excluding tert-OH is 1. The number of hydrogen-bond acceptors (Lipinski definition) is 3.